The number of aryl methyl sites for hydroxylation is 2. The van der Waals surface area contributed by atoms with E-state index in [1.54, 1.807) is 0 Å². The Morgan fingerprint density at radius 1 is 1.43 bits per heavy atom. The number of carboxylic acid groups (broad SMARTS) is 1. The summed E-state index contributed by atoms with van der Waals surface area (Å²) < 4.78 is 1.05. The number of aliphatic carboxylic acids is 1. The molecule has 0 aliphatic carbocycles. The summed E-state index contributed by atoms with van der Waals surface area (Å²) in [5, 5.41) is 8.58. The molecule has 0 aromatic heterocycles. The minimum Gasteiger partial charge on any atom is -0.481 e. The molecule has 0 radical (unpaired) electrons. The average Bonchev–Trinajstić information content (AvgIpc) is 2.15. The lowest BCUT2D eigenvalue weighted by Gasteiger charge is -2.06. The zero-order valence-electron chi connectivity index (χ0n) is 8.09. The minimum absolute atomic E-state index is 0.203. The van der Waals surface area contributed by atoms with Crippen LogP contribution in [-0.4, -0.2) is 11.1 Å². The summed E-state index contributed by atoms with van der Waals surface area (Å²) in [6.45, 7) is 2.08. The molecule has 0 saturated heterocycles. The van der Waals surface area contributed by atoms with Crippen molar-refractivity contribution in [2.45, 2.75) is 26.2 Å². The van der Waals surface area contributed by atoms with E-state index in [0.29, 0.717) is 6.42 Å². The Morgan fingerprint density at radius 2 is 2.14 bits per heavy atom. The van der Waals surface area contributed by atoms with E-state index in [1.165, 1.54) is 5.56 Å². The molecule has 0 bridgehead atoms. The lowest BCUT2D eigenvalue weighted by Crippen LogP contribution is -2.00. The monoisotopic (exact) mass is 256 g/mol. The Hall–Kier alpha value is -0.830. The maximum absolute atomic E-state index is 10.4. The van der Waals surface area contributed by atoms with Crippen LogP contribution in [0.1, 0.15) is 24.5 Å². The van der Waals surface area contributed by atoms with Crippen LogP contribution in [0, 0.1) is 0 Å². The van der Waals surface area contributed by atoms with Gasteiger partial charge in [-0.05, 0) is 36.1 Å². The van der Waals surface area contributed by atoms with Gasteiger partial charge in [-0.15, -0.1) is 0 Å². The molecule has 0 fully saturated rings. The van der Waals surface area contributed by atoms with Crippen LogP contribution in [0.4, 0.5) is 0 Å². The average molecular weight is 257 g/mol. The Balaban J connectivity index is 2.80. The third-order valence-corrected chi connectivity index (χ3v) is 2.65. The highest BCUT2D eigenvalue weighted by atomic mass is 79.9. The molecule has 0 aliphatic heterocycles. The van der Waals surface area contributed by atoms with E-state index in [4.69, 9.17) is 5.11 Å². The van der Waals surface area contributed by atoms with Crippen molar-refractivity contribution in [1.29, 1.82) is 0 Å². The summed E-state index contributed by atoms with van der Waals surface area (Å²) in [7, 11) is 0. The van der Waals surface area contributed by atoms with Crippen molar-refractivity contribution in [3.63, 3.8) is 0 Å². The largest absolute Gasteiger partial charge is 0.481 e. The van der Waals surface area contributed by atoms with E-state index >= 15 is 0 Å². The van der Waals surface area contributed by atoms with Gasteiger partial charge in [0, 0.05) is 10.9 Å². The predicted molar refractivity (Wildman–Crippen MR) is 59.5 cm³/mol. The zero-order valence-corrected chi connectivity index (χ0v) is 9.67. The van der Waals surface area contributed by atoms with E-state index in [0.717, 1.165) is 16.5 Å². The van der Waals surface area contributed by atoms with E-state index in [1.807, 2.05) is 12.1 Å². The van der Waals surface area contributed by atoms with Gasteiger partial charge in [0.25, 0.3) is 0 Å². The second kappa shape index (κ2) is 5.15. The molecule has 1 N–H and O–H groups in total. The van der Waals surface area contributed by atoms with Crippen LogP contribution in [0.15, 0.2) is 22.7 Å². The second-order valence-corrected chi connectivity index (χ2v) is 4.08. The Bertz CT molecular complexity index is 334. The van der Waals surface area contributed by atoms with Gasteiger partial charge in [0.2, 0.25) is 0 Å². The molecule has 0 amide bonds. The van der Waals surface area contributed by atoms with Crippen molar-refractivity contribution >= 4 is 21.9 Å². The Morgan fingerprint density at radius 3 is 2.71 bits per heavy atom. The molecule has 0 saturated carbocycles. The number of hydrogen-bond donors (Lipinski definition) is 1. The molecule has 1 rings (SSSR count). The molecule has 1 aromatic rings. The Kier molecular flexibility index (Phi) is 4.14. The maximum atomic E-state index is 10.4. The van der Waals surface area contributed by atoms with Crippen molar-refractivity contribution in [1.82, 2.24) is 0 Å². The van der Waals surface area contributed by atoms with Crippen LogP contribution < -0.4 is 0 Å². The van der Waals surface area contributed by atoms with Crippen LogP contribution >= 0.6 is 15.9 Å². The number of rotatable bonds is 4. The van der Waals surface area contributed by atoms with Gasteiger partial charge < -0.3 is 5.11 Å². The molecule has 0 aliphatic rings. The van der Waals surface area contributed by atoms with Crippen LogP contribution in [0.3, 0.4) is 0 Å². The first-order chi connectivity index (χ1) is 6.63. The van der Waals surface area contributed by atoms with Gasteiger partial charge in [-0.1, -0.05) is 28.9 Å². The summed E-state index contributed by atoms with van der Waals surface area (Å²) in [5.74, 6) is -0.741. The van der Waals surface area contributed by atoms with Crippen molar-refractivity contribution in [3.05, 3.63) is 33.8 Å². The van der Waals surface area contributed by atoms with Gasteiger partial charge in [-0.25, -0.2) is 0 Å². The SMILES string of the molecule is CCc1cc(Br)ccc1CCC(=O)O. The first-order valence-electron chi connectivity index (χ1n) is 4.62. The third-order valence-electron chi connectivity index (χ3n) is 2.16. The van der Waals surface area contributed by atoms with Gasteiger partial charge in [0.1, 0.15) is 0 Å². The topological polar surface area (TPSA) is 37.3 Å². The van der Waals surface area contributed by atoms with Crippen molar-refractivity contribution in [2.75, 3.05) is 0 Å². The highest BCUT2D eigenvalue weighted by molar-refractivity contribution is 9.10. The summed E-state index contributed by atoms with van der Waals surface area (Å²) >= 11 is 3.40. The van der Waals surface area contributed by atoms with E-state index in [2.05, 4.69) is 28.9 Å². The van der Waals surface area contributed by atoms with Gasteiger partial charge >= 0.3 is 5.97 Å². The summed E-state index contributed by atoms with van der Waals surface area (Å²) in [4.78, 5) is 10.4. The van der Waals surface area contributed by atoms with E-state index in [9.17, 15) is 4.79 Å². The predicted octanol–water partition coefficient (Wildman–Crippen LogP) is 3.03. The summed E-state index contributed by atoms with van der Waals surface area (Å²) in [6, 6.07) is 6.00. The fourth-order valence-electron chi connectivity index (χ4n) is 1.41. The lowest BCUT2D eigenvalue weighted by atomic mass is 10.0. The fraction of sp³-hybridized carbons (Fsp3) is 0.364. The molecule has 1 aromatic carbocycles. The number of carbonyl (C=O) groups is 1. The molecule has 0 heterocycles. The molecule has 0 unspecified atom stereocenters. The summed E-state index contributed by atoms with van der Waals surface area (Å²) in [5.41, 5.74) is 2.36. The molecule has 76 valence electrons. The normalized spacial score (nSPS) is 10.1. The molecule has 0 atom stereocenters. The molecule has 3 heteroatoms. The zero-order chi connectivity index (χ0) is 10.6. The minimum atomic E-state index is -0.741. The molecule has 0 spiro atoms. The number of benzene rings is 1. The lowest BCUT2D eigenvalue weighted by molar-refractivity contribution is -0.136. The van der Waals surface area contributed by atoms with E-state index < -0.39 is 5.97 Å². The molecule has 2 nitrogen and oxygen atoms in total. The van der Waals surface area contributed by atoms with Crippen LogP contribution in [0.5, 0.6) is 0 Å². The second-order valence-electron chi connectivity index (χ2n) is 3.16. The first kappa shape index (κ1) is 11.2. The molecule has 14 heavy (non-hydrogen) atoms. The van der Waals surface area contributed by atoms with E-state index in [-0.39, 0.29) is 6.42 Å². The standard InChI is InChI=1S/C11H13BrO2/c1-2-8-7-10(12)5-3-9(8)4-6-11(13)14/h3,5,7H,2,4,6H2,1H3,(H,13,14). The van der Waals surface area contributed by atoms with Crippen molar-refractivity contribution in [2.24, 2.45) is 0 Å². The van der Waals surface area contributed by atoms with Gasteiger partial charge in [-0.2, -0.15) is 0 Å². The molecular formula is C11H13BrO2. The number of halogens is 1. The highest BCUT2D eigenvalue weighted by Crippen LogP contribution is 2.18. The maximum Gasteiger partial charge on any atom is 0.303 e. The Labute approximate surface area is 92.1 Å². The third kappa shape index (κ3) is 3.14. The number of carboxylic acids is 1. The smallest absolute Gasteiger partial charge is 0.303 e. The van der Waals surface area contributed by atoms with Crippen LogP contribution in [0.25, 0.3) is 0 Å². The van der Waals surface area contributed by atoms with Crippen LogP contribution in [0.2, 0.25) is 0 Å². The molecular weight excluding hydrogens is 244 g/mol. The van der Waals surface area contributed by atoms with Gasteiger partial charge in [0.15, 0.2) is 0 Å². The quantitative estimate of drug-likeness (QED) is 0.900. The van der Waals surface area contributed by atoms with Crippen molar-refractivity contribution < 1.29 is 9.90 Å². The first-order valence-corrected chi connectivity index (χ1v) is 5.42. The van der Waals surface area contributed by atoms with Gasteiger partial charge in [0.05, 0.1) is 0 Å². The number of hydrogen-bond acceptors (Lipinski definition) is 1. The fourth-order valence-corrected chi connectivity index (χ4v) is 1.82. The van der Waals surface area contributed by atoms with Gasteiger partial charge in [-0.3, -0.25) is 4.79 Å². The van der Waals surface area contributed by atoms with Crippen LogP contribution in [-0.2, 0) is 17.6 Å². The summed E-state index contributed by atoms with van der Waals surface area (Å²) in [6.07, 6.45) is 1.76. The van der Waals surface area contributed by atoms with Crippen molar-refractivity contribution in [3.8, 4) is 0 Å². The highest BCUT2D eigenvalue weighted by Gasteiger charge is 2.04.